The monoisotopic (exact) mass is 268 g/mol. The normalized spacial score (nSPS) is 9.60. The lowest BCUT2D eigenvalue weighted by atomic mass is 10.1. The minimum Gasteiger partial charge on any atom is -0.464 e. The molecule has 1 aromatic heterocycles. The van der Waals surface area contributed by atoms with E-state index < -0.39 is 0 Å². The Kier molecular flexibility index (Phi) is 4.24. The number of carbonyl (C=O) groups excluding carboxylic acids is 1. The highest BCUT2D eigenvalue weighted by Gasteiger charge is 2.07. The zero-order valence-corrected chi connectivity index (χ0v) is 10.8. The molecule has 100 valence electrons. The molecule has 2 rings (SSSR count). The van der Waals surface area contributed by atoms with Crippen molar-refractivity contribution in [1.82, 2.24) is 9.97 Å². The maximum atomic E-state index is 12.0. The van der Waals surface area contributed by atoms with Crippen LogP contribution in [0, 0.1) is 11.3 Å². The Labute approximate surface area is 116 Å². The van der Waals surface area contributed by atoms with Gasteiger partial charge in [-0.2, -0.15) is 5.26 Å². The van der Waals surface area contributed by atoms with Crippen LogP contribution in [0.25, 0.3) is 0 Å². The predicted octanol–water partition coefficient (Wildman–Crippen LogP) is 2.00. The number of carbonyl (C=O) groups is 1. The number of amides is 1. The molecule has 1 aromatic carbocycles. The average Bonchev–Trinajstić information content (AvgIpc) is 2.49. The van der Waals surface area contributed by atoms with Crippen molar-refractivity contribution in [2.75, 3.05) is 11.9 Å². The SMILES string of the molecule is CCOc1ncc(NC(=O)c2cccc(C#N)c2)cn1. The Morgan fingerprint density at radius 1 is 1.40 bits per heavy atom. The van der Waals surface area contributed by atoms with Crippen molar-refractivity contribution in [3.8, 4) is 12.1 Å². The van der Waals surface area contributed by atoms with Gasteiger partial charge in [-0.3, -0.25) is 4.79 Å². The molecule has 0 spiro atoms. The predicted molar refractivity (Wildman–Crippen MR) is 72.3 cm³/mol. The summed E-state index contributed by atoms with van der Waals surface area (Å²) in [5, 5.41) is 11.4. The molecule has 0 bridgehead atoms. The van der Waals surface area contributed by atoms with E-state index in [0.29, 0.717) is 23.4 Å². The van der Waals surface area contributed by atoms with Crippen molar-refractivity contribution in [3.63, 3.8) is 0 Å². The molecule has 6 heteroatoms. The fourth-order valence-electron chi connectivity index (χ4n) is 1.52. The number of ether oxygens (including phenoxy) is 1. The number of nitrogens with zero attached hydrogens (tertiary/aromatic N) is 3. The van der Waals surface area contributed by atoms with Gasteiger partial charge in [0.05, 0.1) is 36.3 Å². The molecule has 0 fully saturated rings. The molecule has 0 aliphatic carbocycles. The van der Waals surface area contributed by atoms with Gasteiger partial charge in [0, 0.05) is 5.56 Å². The number of aromatic nitrogens is 2. The van der Waals surface area contributed by atoms with Gasteiger partial charge in [0.2, 0.25) is 0 Å². The summed E-state index contributed by atoms with van der Waals surface area (Å²) in [6, 6.07) is 8.69. The molecule has 0 unspecified atom stereocenters. The quantitative estimate of drug-likeness (QED) is 0.916. The van der Waals surface area contributed by atoms with Crippen LogP contribution in [0.4, 0.5) is 5.69 Å². The third kappa shape index (κ3) is 3.29. The minimum absolute atomic E-state index is 0.261. The number of hydrogen-bond donors (Lipinski definition) is 1. The standard InChI is InChI=1S/C14H12N4O2/c1-2-20-14-16-8-12(9-17-14)18-13(19)11-5-3-4-10(6-11)7-15/h3-6,8-9H,2H2,1H3,(H,18,19). The summed E-state index contributed by atoms with van der Waals surface area (Å²) < 4.78 is 5.11. The van der Waals surface area contributed by atoms with Gasteiger partial charge in [-0.15, -0.1) is 0 Å². The second-order valence-electron chi connectivity index (χ2n) is 3.83. The number of benzene rings is 1. The Bertz CT molecular complexity index is 647. The first-order valence-corrected chi connectivity index (χ1v) is 5.99. The van der Waals surface area contributed by atoms with Crippen molar-refractivity contribution in [1.29, 1.82) is 5.26 Å². The number of nitriles is 1. The lowest BCUT2D eigenvalue weighted by molar-refractivity contribution is 0.102. The minimum atomic E-state index is -0.324. The van der Waals surface area contributed by atoms with Crippen LogP contribution in [-0.2, 0) is 0 Å². The first kappa shape index (κ1) is 13.5. The lowest BCUT2D eigenvalue weighted by Gasteiger charge is -2.05. The molecule has 1 heterocycles. The third-order valence-corrected chi connectivity index (χ3v) is 2.41. The van der Waals surface area contributed by atoms with Crippen LogP contribution in [0.5, 0.6) is 6.01 Å². The lowest BCUT2D eigenvalue weighted by Crippen LogP contribution is -2.12. The van der Waals surface area contributed by atoms with Crippen LogP contribution < -0.4 is 10.1 Å². The van der Waals surface area contributed by atoms with Gasteiger partial charge in [-0.05, 0) is 25.1 Å². The van der Waals surface area contributed by atoms with E-state index in [2.05, 4.69) is 15.3 Å². The van der Waals surface area contributed by atoms with Crippen LogP contribution in [0.3, 0.4) is 0 Å². The second-order valence-corrected chi connectivity index (χ2v) is 3.83. The van der Waals surface area contributed by atoms with Gasteiger partial charge in [0.15, 0.2) is 0 Å². The largest absolute Gasteiger partial charge is 0.464 e. The van der Waals surface area contributed by atoms with E-state index in [-0.39, 0.29) is 11.9 Å². The average molecular weight is 268 g/mol. The molecular weight excluding hydrogens is 256 g/mol. The van der Waals surface area contributed by atoms with E-state index in [0.717, 1.165) is 0 Å². The molecule has 6 nitrogen and oxygen atoms in total. The van der Waals surface area contributed by atoms with Crippen LogP contribution in [0.15, 0.2) is 36.7 Å². The Balaban J connectivity index is 2.09. The van der Waals surface area contributed by atoms with Crippen LogP contribution >= 0.6 is 0 Å². The maximum absolute atomic E-state index is 12.0. The van der Waals surface area contributed by atoms with Crippen LogP contribution in [0.2, 0.25) is 0 Å². The van der Waals surface area contributed by atoms with Gasteiger partial charge in [0.25, 0.3) is 5.91 Å². The highest BCUT2D eigenvalue weighted by molar-refractivity contribution is 6.04. The highest BCUT2D eigenvalue weighted by atomic mass is 16.5. The van der Waals surface area contributed by atoms with Gasteiger partial charge in [-0.1, -0.05) is 6.07 Å². The topological polar surface area (TPSA) is 87.9 Å². The summed E-state index contributed by atoms with van der Waals surface area (Å²) in [6.45, 7) is 2.31. The van der Waals surface area contributed by atoms with E-state index in [4.69, 9.17) is 10.00 Å². The maximum Gasteiger partial charge on any atom is 0.316 e. The molecule has 0 saturated heterocycles. The van der Waals surface area contributed by atoms with Crippen LogP contribution in [-0.4, -0.2) is 22.5 Å². The van der Waals surface area contributed by atoms with Gasteiger partial charge < -0.3 is 10.1 Å². The van der Waals surface area contributed by atoms with Crippen molar-refractivity contribution in [2.24, 2.45) is 0 Å². The Morgan fingerprint density at radius 3 is 2.80 bits per heavy atom. The highest BCUT2D eigenvalue weighted by Crippen LogP contribution is 2.10. The molecule has 0 radical (unpaired) electrons. The first-order valence-electron chi connectivity index (χ1n) is 5.99. The fourth-order valence-corrected chi connectivity index (χ4v) is 1.52. The molecule has 0 aliphatic rings. The van der Waals surface area contributed by atoms with Crippen molar-refractivity contribution >= 4 is 11.6 Å². The first-order chi connectivity index (χ1) is 9.72. The van der Waals surface area contributed by atoms with E-state index in [9.17, 15) is 4.79 Å². The van der Waals surface area contributed by atoms with Crippen molar-refractivity contribution in [2.45, 2.75) is 6.92 Å². The molecule has 20 heavy (non-hydrogen) atoms. The van der Waals surface area contributed by atoms with E-state index >= 15 is 0 Å². The molecule has 2 aromatic rings. The third-order valence-electron chi connectivity index (χ3n) is 2.41. The molecule has 0 saturated carbocycles. The summed E-state index contributed by atoms with van der Waals surface area (Å²) in [4.78, 5) is 19.9. The number of nitrogens with one attached hydrogen (secondary N) is 1. The summed E-state index contributed by atoms with van der Waals surface area (Å²) in [5.41, 5.74) is 1.29. The molecular formula is C14H12N4O2. The van der Waals surface area contributed by atoms with Crippen molar-refractivity contribution < 1.29 is 9.53 Å². The number of rotatable bonds is 4. The zero-order chi connectivity index (χ0) is 14.4. The number of anilines is 1. The fraction of sp³-hybridized carbons (Fsp3) is 0.143. The summed E-state index contributed by atoms with van der Waals surface area (Å²) in [6.07, 6.45) is 2.92. The zero-order valence-electron chi connectivity index (χ0n) is 10.8. The molecule has 1 amide bonds. The Hall–Kier alpha value is -2.94. The summed E-state index contributed by atoms with van der Waals surface area (Å²) >= 11 is 0. The van der Waals surface area contributed by atoms with Crippen LogP contribution in [0.1, 0.15) is 22.8 Å². The smallest absolute Gasteiger partial charge is 0.316 e. The summed E-state index contributed by atoms with van der Waals surface area (Å²) in [5.74, 6) is -0.324. The number of hydrogen-bond acceptors (Lipinski definition) is 5. The van der Waals surface area contributed by atoms with E-state index in [1.165, 1.54) is 18.5 Å². The second kappa shape index (κ2) is 6.29. The summed E-state index contributed by atoms with van der Waals surface area (Å²) in [7, 11) is 0. The Morgan fingerprint density at radius 2 is 2.15 bits per heavy atom. The molecule has 0 atom stereocenters. The van der Waals surface area contributed by atoms with Crippen molar-refractivity contribution in [3.05, 3.63) is 47.8 Å². The molecule has 1 N–H and O–H groups in total. The van der Waals surface area contributed by atoms with Gasteiger partial charge in [0.1, 0.15) is 0 Å². The van der Waals surface area contributed by atoms with Gasteiger partial charge in [-0.25, -0.2) is 9.97 Å². The van der Waals surface area contributed by atoms with E-state index in [1.807, 2.05) is 13.0 Å². The van der Waals surface area contributed by atoms with E-state index in [1.54, 1.807) is 18.2 Å². The van der Waals surface area contributed by atoms with Gasteiger partial charge >= 0.3 is 6.01 Å². The molecule has 0 aliphatic heterocycles.